The molecule has 0 aromatic heterocycles. The van der Waals surface area contributed by atoms with Crippen LogP contribution in [0.1, 0.15) is 30.9 Å². The lowest BCUT2D eigenvalue weighted by Crippen LogP contribution is -2.18. The van der Waals surface area contributed by atoms with Gasteiger partial charge in [-0.05, 0) is 31.1 Å². The Kier molecular flexibility index (Phi) is 5.74. The third kappa shape index (κ3) is 4.67. The molecule has 0 amide bonds. The molecule has 0 aliphatic heterocycles. The normalized spacial score (nSPS) is 10.9. The van der Waals surface area contributed by atoms with Crippen LogP contribution in [0.2, 0.25) is 0 Å². The lowest BCUT2D eigenvalue weighted by atomic mass is 10.1. The van der Waals surface area contributed by atoms with Gasteiger partial charge in [-0.3, -0.25) is 0 Å². The largest absolute Gasteiger partial charge is 0.302 e. The summed E-state index contributed by atoms with van der Waals surface area (Å²) < 4.78 is 0. The topological polar surface area (TPSA) is 3.24 Å². The Hall–Kier alpha value is -0.530. The van der Waals surface area contributed by atoms with E-state index in [9.17, 15) is 0 Å². The van der Waals surface area contributed by atoms with Crippen LogP contribution in [0.3, 0.4) is 0 Å². The Morgan fingerprint density at radius 3 is 2.27 bits per heavy atom. The highest BCUT2D eigenvalue weighted by atomic mass is 35.5. The standard InChI is InChI=1S/C13H20ClN/c1-3-4-9-15(2)11-13-7-5-12(10-14)6-8-13/h5-8H,3-4,9-11H2,1-2H3. The highest BCUT2D eigenvalue weighted by molar-refractivity contribution is 6.17. The van der Waals surface area contributed by atoms with E-state index in [1.54, 1.807) is 0 Å². The quantitative estimate of drug-likeness (QED) is 0.668. The van der Waals surface area contributed by atoms with E-state index in [0.29, 0.717) is 5.88 Å². The van der Waals surface area contributed by atoms with Gasteiger partial charge in [-0.25, -0.2) is 0 Å². The minimum Gasteiger partial charge on any atom is -0.302 e. The molecule has 0 aliphatic rings. The van der Waals surface area contributed by atoms with Crippen molar-refractivity contribution in [3.63, 3.8) is 0 Å². The maximum Gasteiger partial charge on any atom is 0.0474 e. The Balaban J connectivity index is 2.42. The van der Waals surface area contributed by atoms with Crippen molar-refractivity contribution in [3.8, 4) is 0 Å². The summed E-state index contributed by atoms with van der Waals surface area (Å²) in [6.07, 6.45) is 2.53. The predicted octanol–water partition coefficient (Wildman–Crippen LogP) is 3.66. The molecule has 2 heteroatoms. The third-order valence-electron chi connectivity index (χ3n) is 2.52. The van der Waals surface area contributed by atoms with Crippen LogP contribution in [0, 0.1) is 0 Å². The molecule has 1 rings (SSSR count). The lowest BCUT2D eigenvalue weighted by molar-refractivity contribution is 0.321. The number of benzene rings is 1. The first-order valence-corrected chi connectivity index (χ1v) is 6.12. The molecule has 0 saturated carbocycles. The molecular formula is C13H20ClN. The van der Waals surface area contributed by atoms with Crippen LogP contribution >= 0.6 is 11.6 Å². The van der Waals surface area contributed by atoms with Crippen molar-refractivity contribution in [1.29, 1.82) is 0 Å². The van der Waals surface area contributed by atoms with E-state index in [2.05, 4.69) is 43.1 Å². The van der Waals surface area contributed by atoms with E-state index in [0.717, 1.165) is 6.54 Å². The van der Waals surface area contributed by atoms with Crippen LogP contribution in [0.15, 0.2) is 24.3 Å². The fraction of sp³-hybridized carbons (Fsp3) is 0.538. The van der Waals surface area contributed by atoms with Crippen molar-refractivity contribution in [3.05, 3.63) is 35.4 Å². The van der Waals surface area contributed by atoms with Gasteiger partial charge in [0.05, 0.1) is 0 Å². The molecule has 0 heterocycles. The van der Waals surface area contributed by atoms with Gasteiger partial charge in [0.1, 0.15) is 0 Å². The Morgan fingerprint density at radius 1 is 1.13 bits per heavy atom. The summed E-state index contributed by atoms with van der Waals surface area (Å²) in [5, 5.41) is 0. The van der Waals surface area contributed by atoms with Gasteiger partial charge in [0.25, 0.3) is 0 Å². The summed E-state index contributed by atoms with van der Waals surface area (Å²) in [6.45, 7) is 4.43. The molecule has 0 radical (unpaired) electrons. The fourth-order valence-corrected chi connectivity index (χ4v) is 1.73. The summed E-state index contributed by atoms with van der Waals surface area (Å²) in [5.41, 5.74) is 2.55. The molecule has 1 nitrogen and oxygen atoms in total. The fourth-order valence-electron chi connectivity index (χ4n) is 1.55. The summed E-state index contributed by atoms with van der Waals surface area (Å²) in [6, 6.07) is 8.55. The number of hydrogen-bond donors (Lipinski definition) is 0. The van der Waals surface area contributed by atoms with Crippen molar-refractivity contribution < 1.29 is 0 Å². The highest BCUT2D eigenvalue weighted by Crippen LogP contribution is 2.09. The predicted molar refractivity (Wildman–Crippen MR) is 67.2 cm³/mol. The van der Waals surface area contributed by atoms with Gasteiger partial charge >= 0.3 is 0 Å². The van der Waals surface area contributed by atoms with Crippen LogP contribution in [0.5, 0.6) is 0 Å². The zero-order valence-electron chi connectivity index (χ0n) is 9.67. The number of alkyl halides is 1. The van der Waals surface area contributed by atoms with Gasteiger partial charge in [0, 0.05) is 12.4 Å². The van der Waals surface area contributed by atoms with Gasteiger partial charge in [-0.1, -0.05) is 37.6 Å². The number of hydrogen-bond acceptors (Lipinski definition) is 1. The average Bonchev–Trinajstić information content (AvgIpc) is 2.27. The maximum absolute atomic E-state index is 5.74. The first kappa shape index (κ1) is 12.5. The van der Waals surface area contributed by atoms with E-state index in [1.165, 1.54) is 30.5 Å². The smallest absolute Gasteiger partial charge is 0.0474 e. The van der Waals surface area contributed by atoms with Crippen molar-refractivity contribution in [2.24, 2.45) is 0 Å². The van der Waals surface area contributed by atoms with Gasteiger partial charge in [-0.15, -0.1) is 11.6 Å². The highest BCUT2D eigenvalue weighted by Gasteiger charge is 1.99. The van der Waals surface area contributed by atoms with E-state index >= 15 is 0 Å². The molecule has 0 spiro atoms. The Labute approximate surface area is 98.0 Å². The number of nitrogens with zero attached hydrogens (tertiary/aromatic N) is 1. The zero-order chi connectivity index (χ0) is 11.1. The van der Waals surface area contributed by atoms with Crippen LogP contribution in [0.4, 0.5) is 0 Å². The van der Waals surface area contributed by atoms with Crippen molar-refractivity contribution in [2.45, 2.75) is 32.2 Å². The summed E-state index contributed by atoms with van der Waals surface area (Å²) in [5.74, 6) is 0.603. The second-order valence-electron chi connectivity index (χ2n) is 4.04. The van der Waals surface area contributed by atoms with Crippen LogP contribution in [-0.2, 0) is 12.4 Å². The van der Waals surface area contributed by atoms with E-state index in [1.807, 2.05) is 0 Å². The summed E-state index contributed by atoms with van der Waals surface area (Å²) >= 11 is 5.74. The van der Waals surface area contributed by atoms with Gasteiger partial charge in [-0.2, -0.15) is 0 Å². The van der Waals surface area contributed by atoms with Crippen LogP contribution < -0.4 is 0 Å². The SMILES string of the molecule is CCCCN(C)Cc1ccc(CCl)cc1. The second kappa shape index (κ2) is 6.86. The van der Waals surface area contributed by atoms with Crippen LogP contribution in [-0.4, -0.2) is 18.5 Å². The number of rotatable bonds is 6. The monoisotopic (exact) mass is 225 g/mol. The summed E-state index contributed by atoms with van der Waals surface area (Å²) in [7, 11) is 2.17. The average molecular weight is 226 g/mol. The lowest BCUT2D eigenvalue weighted by Gasteiger charge is -2.16. The van der Waals surface area contributed by atoms with Crippen molar-refractivity contribution >= 4 is 11.6 Å². The molecule has 15 heavy (non-hydrogen) atoms. The van der Waals surface area contributed by atoms with Crippen molar-refractivity contribution in [2.75, 3.05) is 13.6 Å². The molecule has 0 aliphatic carbocycles. The summed E-state index contributed by atoms with van der Waals surface area (Å²) in [4.78, 5) is 2.36. The molecule has 0 unspecified atom stereocenters. The van der Waals surface area contributed by atoms with E-state index < -0.39 is 0 Å². The van der Waals surface area contributed by atoms with Gasteiger partial charge in [0.2, 0.25) is 0 Å². The third-order valence-corrected chi connectivity index (χ3v) is 2.83. The van der Waals surface area contributed by atoms with Gasteiger partial charge in [0.15, 0.2) is 0 Å². The molecule has 84 valence electrons. The minimum absolute atomic E-state index is 0.603. The minimum atomic E-state index is 0.603. The molecule has 0 atom stereocenters. The maximum atomic E-state index is 5.74. The molecule has 0 bridgehead atoms. The molecule has 1 aromatic rings. The molecule has 1 aromatic carbocycles. The van der Waals surface area contributed by atoms with E-state index in [-0.39, 0.29) is 0 Å². The second-order valence-corrected chi connectivity index (χ2v) is 4.31. The number of unbranched alkanes of at least 4 members (excludes halogenated alkanes) is 1. The van der Waals surface area contributed by atoms with E-state index in [4.69, 9.17) is 11.6 Å². The molecule has 0 N–H and O–H groups in total. The first-order valence-electron chi connectivity index (χ1n) is 5.58. The van der Waals surface area contributed by atoms with Crippen LogP contribution in [0.25, 0.3) is 0 Å². The van der Waals surface area contributed by atoms with Gasteiger partial charge < -0.3 is 4.90 Å². The Morgan fingerprint density at radius 2 is 1.73 bits per heavy atom. The Bertz CT molecular complexity index is 268. The first-order chi connectivity index (χ1) is 7.26. The molecule has 0 saturated heterocycles. The van der Waals surface area contributed by atoms with Crippen molar-refractivity contribution in [1.82, 2.24) is 4.90 Å². The molecular weight excluding hydrogens is 206 g/mol. The zero-order valence-corrected chi connectivity index (χ0v) is 10.4. The number of halogens is 1. The molecule has 0 fully saturated rings.